The fourth-order valence-electron chi connectivity index (χ4n) is 2.31. The van der Waals surface area contributed by atoms with E-state index in [2.05, 4.69) is 34.8 Å². The molecule has 0 saturated carbocycles. The van der Waals surface area contributed by atoms with Crippen LogP contribution in [0.4, 0.5) is 5.82 Å². The quantitative estimate of drug-likeness (QED) is 0.787. The van der Waals surface area contributed by atoms with Crippen LogP contribution in [0.5, 0.6) is 0 Å². The Morgan fingerprint density at radius 1 is 1.33 bits per heavy atom. The second kappa shape index (κ2) is 5.87. The maximum Gasteiger partial charge on any atom is 0.133 e. The van der Waals surface area contributed by atoms with Crippen molar-refractivity contribution in [1.29, 1.82) is 0 Å². The van der Waals surface area contributed by atoms with Crippen molar-refractivity contribution >= 4 is 17.4 Å². The first-order valence-electron chi connectivity index (χ1n) is 6.76. The molecule has 0 aliphatic carbocycles. The zero-order valence-corrected chi connectivity index (χ0v) is 12.2. The van der Waals surface area contributed by atoms with Crippen molar-refractivity contribution in [2.24, 2.45) is 5.92 Å². The molecule has 0 unspecified atom stereocenters. The molecule has 100 valence electrons. The highest BCUT2D eigenvalue weighted by Crippen LogP contribution is 2.24. The van der Waals surface area contributed by atoms with Gasteiger partial charge >= 0.3 is 0 Å². The van der Waals surface area contributed by atoms with Crippen LogP contribution in [0.2, 0.25) is 0 Å². The zero-order valence-electron chi connectivity index (χ0n) is 11.5. The Bertz CT molecular complexity index is 398. The lowest BCUT2D eigenvalue weighted by molar-refractivity contribution is 0.440. The van der Waals surface area contributed by atoms with E-state index < -0.39 is 0 Å². The SMILES string of the molecule is Cc1cc(N2CCC(CCl)CC2)nc(C(C)C)n1. The fourth-order valence-corrected chi connectivity index (χ4v) is 2.62. The van der Waals surface area contributed by atoms with Crippen molar-refractivity contribution in [1.82, 2.24) is 9.97 Å². The number of rotatable bonds is 3. The Hall–Kier alpha value is -0.830. The number of piperidine rings is 1. The van der Waals surface area contributed by atoms with Gasteiger partial charge in [-0.15, -0.1) is 11.6 Å². The summed E-state index contributed by atoms with van der Waals surface area (Å²) in [5, 5.41) is 0. The molecule has 18 heavy (non-hydrogen) atoms. The first kappa shape index (κ1) is 13.6. The molecule has 0 atom stereocenters. The summed E-state index contributed by atoms with van der Waals surface area (Å²) in [7, 11) is 0. The minimum absolute atomic E-state index is 0.379. The van der Waals surface area contributed by atoms with Crippen molar-refractivity contribution in [3.05, 3.63) is 17.6 Å². The molecule has 4 heteroatoms. The molecule has 0 spiro atoms. The Labute approximate surface area is 115 Å². The highest BCUT2D eigenvalue weighted by atomic mass is 35.5. The van der Waals surface area contributed by atoms with Crippen LogP contribution >= 0.6 is 11.6 Å². The van der Waals surface area contributed by atoms with Gasteiger partial charge in [-0.05, 0) is 25.7 Å². The molecule has 2 heterocycles. The molecule has 0 radical (unpaired) electrons. The van der Waals surface area contributed by atoms with Crippen molar-refractivity contribution in [3.8, 4) is 0 Å². The molecule has 0 N–H and O–H groups in total. The Balaban J connectivity index is 2.13. The van der Waals surface area contributed by atoms with Crippen LogP contribution in [0.3, 0.4) is 0 Å². The summed E-state index contributed by atoms with van der Waals surface area (Å²) < 4.78 is 0. The standard InChI is InChI=1S/C14H22ClN3/c1-10(2)14-16-11(3)8-13(17-14)18-6-4-12(9-15)5-7-18/h8,10,12H,4-7,9H2,1-3H3. The number of aryl methyl sites for hydroxylation is 1. The molecule has 0 aromatic carbocycles. The normalized spacial score (nSPS) is 17.5. The van der Waals surface area contributed by atoms with Gasteiger partial charge < -0.3 is 4.90 Å². The molecular formula is C14H22ClN3. The maximum atomic E-state index is 5.92. The summed E-state index contributed by atoms with van der Waals surface area (Å²) in [5.41, 5.74) is 1.06. The molecule has 3 nitrogen and oxygen atoms in total. The van der Waals surface area contributed by atoms with E-state index in [9.17, 15) is 0 Å². The van der Waals surface area contributed by atoms with Gasteiger partial charge in [0.05, 0.1) is 0 Å². The molecule has 1 aliphatic rings. The second-order valence-electron chi connectivity index (χ2n) is 5.47. The van der Waals surface area contributed by atoms with E-state index in [0.29, 0.717) is 11.8 Å². The van der Waals surface area contributed by atoms with Gasteiger partial charge in [0.25, 0.3) is 0 Å². The predicted molar refractivity (Wildman–Crippen MR) is 76.5 cm³/mol. The topological polar surface area (TPSA) is 29.0 Å². The lowest BCUT2D eigenvalue weighted by Gasteiger charge is -2.32. The van der Waals surface area contributed by atoms with Gasteiger partial charge in [-0.3, -0.25) is 0 Å². The van der Waals surface area contributed by atoms with Crippen LogP contribution in [0.1, 0.15) is 44.1 Å². The van der Waals surface area contributed by atoms with Crippen molar-refractivity contribution in [3.63, 3.8) is 0 Å². The number of halogens is 1. The summed E-state index contributed by atoms with van der Waals surface area (Å²) in [6, 6.07) is 2.09. The van der Waals surface area contributed by atoms with E-state index in [-0.39, 0.29) is 0 Å². The average Bonchev–Trinajstić information content (AvgIpc) is 2.38. The second-order valence-corrected chi connectivity index (χ2v) is 5.77. The van der Waals surface area contributed by atoms with Crippen LogP contribution in [-0.2, 0) is 0 Å². The van der Waals surface area contributed by atoms with Gasteiger partial charge in [0, 0.05) is 36.6 Å². The lowest BCUT2D eigenvalue weighted by Crippen LogP contribution is -2.35. The van der Waals surface area contributed by atoms with Gasteiger partial charge in [0.2, 0.25) is 0 Å². The van der Waals surface area contributed by atoms with Crippen LogP contribution < -0.4 is 4.90 Å². The van der Waals surface area contributed by atoms with Crippen molar-refractivity contribution < 1.29 is 0 Å². The molecule has 0 amide bonds. The van der Waals surface area contributed by atoms with Crippen LogP contribution in [0.15, 0.2) is 6.07 Å². The van der Waals surface area contributed by atoms with Gasteiger partial charge in [-0.2, -0.15) is 0 Å². The van der Waals surface area contributed by atoms with Crippen LogP contribution in [-0.4, -0.2) is 28.9 Å². The third kappa shape index (κ3) is 3.14. The van der Waals surface area contributed by atoms with E-state index in [1.165, 1.54) is 12.8 Å². The first-order chi connectivity index (χ1) is 8.60. The molecule has 1 aromatic heterocycles. The summed E-state index contributed by atoms with van der Waals surface area (Å²) >= 11 is 5.92. The van der Waals surface area contributed by atoms with E-state index in [1.54, 1.807) is 0 Å². The Kier molecular flexibility index (Phi) is 4.44. The molecule has 1 aromatic rings. The van der Waals surface area contributed by atoms with Gasteiger partial charge in [-0.1, -0.05) is 13.8 Å². The zero-order chi connectivity index (χ0) is 13.1. The molecule has 1 aliphatic heterocycles. The van der Waals surface area contributed by atoms with E-state index in [0.717, 1.165) is 36.3 Å². The smallest absolute Gasteiger partial charge is 0.133 e. The summed E-state index contributed by atoms with van der Waals surface area (Å²) in [4.78, 5) is 11.6. The Morgan fingerprint density at radius 2 is 2.00 bits per heavy atom. The largest absolute Gasteiger partial charge is 0.356 e. The van der Waals surface area contributed by atoms with Crippen LogP contribution in [0.25, 0.3) is 0 Å². The van der Waals surface area contributed by atoms with E-state index >= 15 is 0 Å². The number of aromatic nitrogens is 2. The maximum absolute atomic E-state index is 5.92. The fraction of sp³-hybridized carbons (Fsp3) is 0.714. The number of alkyl halides is 1. The van der Waals surface area contributed by atoms with Gasteiger partial charge in [0.1, 0.15) is 11.6 Å². The van der Waals surface area contributed by atoms with Crippen molar-refractivity contribution in [2.75, 3.05) is 23.9 Å². The van der Waals surface area contributed by atoms with Gasteiger partial charge in [0.15, 0.2) is 0 Å². The third-order valence-electron chi connectivity index (χ3n) is 3.53. The molecule has 2 rings (SSSR count). The lowest BCUT2D eigenvalue weighted by atomic mass is 9.99. The highest BCUT2D eigenvalue weighted by Gasteiger charge is 2.20. The first-order valence-corrected chi connectivity index (χ1v) is 7.30. The number of nitrogens with zero attached hydrogens (tertiary/aromatic N) is 3. The summed E-state index contributed by atoms with van der Waals surface area (Å²) in [5.74, 6) is 3.87. The van der Waals surface area contributed by atoms with Gasteiger partial charge in [-0.25, -0.2) is 9.97 Å². The molecule has 1 fully saturated rings. The number of hydrogen-bond acceptors (Lipinski definition) is 3. The van der Waals surface area contributed by atoms with E-state index in [4.69, 9.17) is 11.6 Å². The number of hydrogen-bond donors (Lipinski definition) is 0. The third-order valence-corrected chi connectivity index (χ3v) is 3.97. The summed E-state index contributed by atoms with van der Waals surface area (Å²) in [6.45, 7) is 8.44. The molecule has 1 saturated heterocycles. The minimum Gasteiger partial charge on any atom is -0.356 e. The monoisotopic (exact) mass is 267 g/mol. The Morgan fingerprint density at radius 3 is 2.56 bits per heavy atom. The van der Waals surface area contributed by atoms with Crippen LogP contribution in [0, 0.1) is 12.8 Å². The molecular weight excluding hydrogens is 246 g/mol. The predicted octanol–water partition coefficient (Wildman–Crippen LogP) is 3.36. The summed E-state index contributed by atoms with van der Waals surface area (Å²) in [6.07, 6.45) is 2.34. The minimum atomic E-state index is 0.379. The van der Waals surface area contributed by atoms with E-state index in [1.807, 2.05) is 6.92 Å². The molecule has 0 bridgehead atoms. The highest BCUT2D eigenvalue weighted by molar-refractivity contribution is 6.18. The average molecular weight is 268 g/mol. The van der Waals surface area contributed by atoms with Crippen molar-refractivity contribution in [2.45, 2.75) is 39.5 Å². The number of anilines is 1.